The topological polar surface area (TPSA) is 99.2 Å². The van der Waals surface area contributed by atoms with Crippen LogP contribution in [0.1, 0.15) is 48.0 Å². The number of nitrogens with zero attached hydrogens (tertiary/aromatic N) is 1. The molecule has 0 spiro atoms. The first-order chi connectivity index (χ1) is 11.9. The Morgan fingerprint density at radius 3 is 2.19 bits per heavy atom. The average Bonchev–Trinajstić information content (AvgIpc) is 2.80. The summed E-state index contributed by atoms with van der Waals surface area (Å²) in [5.41, 5.74) is -1.87. The van der Waals surface area contributed by atoms with Crippen molar-refractivity contribution < 1.29 is 33.4 Å². The van der Waals surface area contributed by atoms with Crippen molar-refractivity contribution in [2.24, 2.45) is 11.3 Å². The van der Waals surface area contributed by atoms with Gasteiger partial charge in [-0.3, -0.25) is 14.5 Å². The molecule has 1 saturated heterocycles. The fourth-order valence-electron chi connectivity index (χ4n) is 3.13. The monoisotopic (exact) mass is 371 g/mol. The molecule has 3 atom stereocenters. The molecule has 0 aromatic rings. The van der Waals surface area contributed by atoms with Gasteiger partial charge in [-0.05, 0) is 34.6 Å². The number of ether oxygens (including phenoxy) is 3. The number of likely N-dealkylation sites (tertiary alicyclic amines) is 1. The summed E-state index contributed by atoms with van der Waals surface area (Å²) < 4.78 is 15.2. The number of rotatable bonds is 5. The Labute approximate surface area is 154 Å². The summed E-state index contributed by atoms with van der Waals surface area (Å²) >= 11 is 0. The first-order valence-electron chi connectivity index (χ1n) is 8.61. The van der Waals surface area contributed by atoms with Crippen molar-refractivity contribution >= 4 is 23.8 Å². The molecule has 26 heavy (non-hydrogen) atoms. The molecule has 0 N–H and O–H groups in total. The molecule has 1 rings (SSSR count). The Hall–Kier alpha value is -2.12. The molecule has 1 amide bonds. The van der Waals surface area contributed by atoms with Crippen LogP contribution in [0.25, 0.3) is 0 Å². The second-order valence-corrected chi connectivity index (χ2v) is 7.67. The number of carbonyl (C=O) groups is 4. The standard InChI is InChI=1S/C18H29NO7/c1-8-25-15(22)14-12(9-13(21)24-7)18(6,11(2)20)10-19(14)16(23)26-17(3,4)5/h12,14H,8-10H2,1-7H3/t12-,14+,18-/m1/s1. The Morgan fingerprint density at radius 2 is 1.77 bits per heavy atom. The van der Waals surface area contributed by atoms with Gasteiger partial charge in [-0.2, -0.15) is 0 Å². The lowest BCUT2D eigenvalue weighted by molar-refractivity contribution is -0.151. The molecule has 0 aromatic carbocycles. The number of Topliss-reactive ketones (excluding diaryl/α,β-unsaturated/α-hetero) is 1. The normalized spacial score (nSPS) is 25.6. The molecular formula is C18H29NO7. The maximum absolute atomic E-state index is 12.7. The van der Waals surface area contributed by atoms with E-state index in [-0.39, 0.29) is 25.4 Å². The minimum Gasteiger partial charge on any atom is -0.469 e. The number of ketones is 1. The molecule has 0 aromatic heterocycles. The molecule has 8 heteroatoms. The van der Waals surface area contributed by atoms with Gasteiger partial charge in [0.1, 0.15) is 17.4 Å². The van der Waals surface area contributed by atoms with E-state index in [0.29, 0.717) is 0 Å². The van der Waals surface area contributed by atoms with Crippen LogP contribution in [0.2, 0.25) is 0 Å². The molecule has 0 saturated carbocycles. The molecular weight excluding hydrogens is 342 g/mol. The lowest BCUT2D eigenvalue weighted by Gasteiger charge is -2.29. The summed E-state index contributed by atoms with van der Waals surface area (Å²) in [5, 5.41) is 0. The predicted octanol–water partition coefficient (Wildman–Crippen LogP) is 1.94. The van der Waals surface area contributed by atoms with Crippen LogP contribution in [0.3, 0.4) is 0 Å². The van der Waals surface area contributed by atoms with Gasteiger partial charge in [-0.15, -0.1) is 0 Å². The lowest BCUT2D eigenvalue weighted by Crippen LogP contribution is -2.46. The van der Waals surface area contributed by atoms with Crippen molar-refractivity contribution in [1.29, 1.82) is 0 Å². The molecule has 0 bridgehead atoms. The molecule has 1 aliphatic rings. The van der Waals surface area contributed by atoms with E-state index in [1.165, 1.54) is 18.9 Å². The number of methoxy groups -OCH3 is 1. The highest BCUT2D eigenvalue weighted by Crippen LogP contribution is 2.44. The minimum absolute atomic E-state index is 0.0393. The van der Waals surface area contributed by atoms with Gasteiger partial charge >= 0.3 is 18.0 Å². The summed E-state index contributed by atoms with van der Waals surface area (Å²) in [4.78, 5) is 50.7. The van der Waals surface area contributed by atoms with Gasteiger partial charge in [0.15, 0.2) is 0 Å². The predicted molar refractivity (Wildman–Crippen MR) is 92.3 cm³/mol. The summed E-state index contributed by atoms with van der Waals surface area (Å²) in [6.45, 7) is 9.85. The molecule has 8 nitrogen and oxygen atoms in total. The van der Waals surface area contributed by atoms with Crippen LogP contribution in [-0.4, -0.2) is 60.6 Å². The lowest BCUT2D eigenvalue weighted by atomic mass is 9.72. The Morgan fingerprint density at radius 1 is 1.19 bits per heavy atom. The molecule has 1 heterocycles. The highest BCUT2D eigenvalue weighted by atomic mass is 16.6. The smallest absolute Gasteiger partial charge is 0.411 e. The zero-order chi connectivity index (χ0) is 20.3. The SMILES string of the molecule is CCOC(=O)[C@@H]1[C@@H](CC(=O)OC)[C@@](C)(C(C)=O)CN1C(=O)OC(C)(C)C. The average molecular weight is 371 g/mol. The Bertz CT molecular complexity index is 581. The van der Waals surface area contributed by atoms with Gasteiger partial charge in [0.05, 0.1) is 20.1 Å². The first-order valence-corrected chi connectivity index (χ1v) is 8.61. The number of carbonyl (C=O) groups excluding carboxylic acids is 4. The van der Waals surface area contributed by atoms with E-state index in [1.807, 2.05) is 0 Å². The molecule has 1 fully saturated rings. The van der Waals surface area contributed by atoms with Crippen LogP contribution in [0.5, 0.6) is 0 Å². The van der Waals surface area contributed by atoms with Crippen molar-refractivity contribution in [1.82, 2.24) is 4.90 Å². The quantitative estimate of drug-likeness (QED) is 0.538. The second kappa shape index (κ2) is 8.05. The third-order valence-corrected chi connectivity index (χ3v) is 4.61. The summed E-state index contributed by atoms with van der Waals surface area (Å²) in [5.74, 6) is -2.23. The fraction of sp³-hybridized carbons (Fsp3) is 0.778. The Balaban J connectivity index is 3.35. The maximum Gasteiger partial charge on any atom is 0.411 e. The van der Waals surface area contributed by atoms with Gasteiger partial charge in [0, 0.05) is 17.9 Å². The van der Waals surface area contributed by atoms with E-state index < -0.39 is 41.0 Å². The highest BCUT2D eigenvalue weighted by Gasteiger charge is 2.58. The van der Waals surface area contributed by atoms with E-state index in [4.69, 9.17) is 14.2 Å². The van der Waals surface area contributed by atoms with E-state index in [0.717, 1.165) is 0 Å². The number of hydrogen-bond donors (Lipinski definition) is 0. The highest BCUT2D eigenvalue weighted by molar-refractivity contribution is 5.90. The molecule has 148 valence electrons. The van der Waals surface area contributed by atoms with E-state index in [9.17, 15) is 19.2 Å². The first kappa shape index (κ1) is 21.9. The van der Waals surface area contributed by atoms with Crippen molar-refractivity contribution in [3.05, 3.63) is 0 Å². The van der Waals surface area contributed by atoms with E-state index in [1.54, 1.807) is 34.6 Å². The zero-order valence-electron chi connectivity index (χ0n) is 16.6. The third kappa shape index (κ3) is 4.74. The maximum atomic E-state index is 12.7. The van der Waals surface area contributed by atoms with E-state index >= 15 is 0 Å². The van der Waals surface area contributed by atoms with Crippen LogP contribution >= 0.6 is 0 Å². The Kier molecular flexibility index (Phi) is 6.79. The van der Waals surface area contributed by atoms with Gasteiger partial charge in [-0.25, -0.2) is 9.59 Å². The molecule has 0 radical (unpaired) electrons. The van der Waals surface area contributed by atoms with Crippen molar-refractivity contribution in [3.63, 3.8) is 0 Å². The summed E-state index contributed by atoms with van der Waals surface area (Å²) in [7, 11) is 1.23. The molecule has 0 aliphatic carbocycles. The second-order valence-electron chi connectivity index (χ2n) is 7.67. The summed E-state index contributed by atoms with van der Waals surface area (Å²) in [6, 6.07) is -1.10. The number of amides is 1. The molecule has 1 aliphatic heterocycles. The van der Waals surface area contributed by atoms with Gasteiger partial charge < -0.3 is 14.2 Å². The fourth-order valence-corrected chi connectivity index (χ4v) is 3.13. The summed E-state index contributed by atoms with van der Waals surface area (Å²) in [6.07, 6.45) is -0.912. The minimum atomic E-state index is -1.10. The largest absolute Gasteiger partial charge is 0.469 e. The number of esters is 2. The van der Waals surface area contributed by atoms with Gasteiger partial charge in [0.2, 0.25) is 0 Å². The van der Waals surface area contributed by atoms with Crippen LogP contribution in [0.4, 0.5) is 4.79 Å². The number of hydrogen-bond acceptors (Lipinski definition) is 7. The van der Waals surface area contributed by atoms with Crippen LogP contribution in [0.15, 0.2) is 0 Å². The van der Waals surface area contributed by atoms with E-state index in [2.05, 4.69) is 0 Å². The zero-order valence-corrected chi connectivity index (χ0v) is 16.6. The van der Waals surface area contributed by atoms with Crippen LogP contribution in [-0.2, 0) is 28.6 Å². The van der Waals surface area contributed by atoms with Crippen LogP contribution in [0, 0.1) is 11.3 Å². The van der Waals surface area contributed by atoms with Gasteiger partial charge in [-0.1, -0.05) is 6.92 Å². The molecule has 0 unspecified atom stereocenters. The van der Waals surface area contributed by atoms with Crippen molar-refractivity contribution in [2.45, 2.75) is 59.6 Å². The third-order valence-electron chi connectivity index (χ3n) is 4.61. The van der Waals surface area contributed by atoms with Crippen LogP contribution < -0.4 is 0 Å². The van der Waals surface area contributed by atoms with Crippen molar-refractivity contribution in [2.75, 3.05) is 20.3 Å². The van der Waals surface area contributed by atoms with Crippen molar-refractivity contribution in [3.8, 4) is 0 Å². The van der Waals surface area contributed by atoms with Gasteiger partial charge in [0.25, 0.3) is 0 Å².